The SMILES string of the molecule is C[C@@H](N)c1ccc(N(C)CCO)cc1Br. The third kappa shape index (κ3) is 3.19. The number of hydrogen-bond donors (Lipinski definition) is 2. The summed E-state index contributed by atoms with van der Waals surface area (Å²) in [6, 6.07) is 6.07. The zero-order valence-electron chi connectivity index (χ0n) is 9.07. The summed E-state index contributed by atoms with van der Waals surface area (Å²) in [5.41, 5.74) is 7.98. The first-order valence-corrected chi connectivity index (χ1v) is 5.72. The Balaban J connectivity index is 2.91. The molecule has 0 spiro atoms. The summed E-state index contributed by atoms with van der Waals surface area (Å²) in [5.74, 6) is 0. The van der Waals surface area contributed by atoms with Gasteiger partial charge < -0.3 is 15.7 Å². The number of nitrogens with two attached hydrogens (primary N) is 1. The third-order valence-electron chi connectivity index (χ3n) is 2.35. The first-order chi connectivity index (χ1) is 7.06. The van der Waals surface area contributed by atoms with Crippen LogP contribution >= 0.6 is 15.9 Å². The van der Waals surface area contributed by atoms with Gasteiger partial charge in [0.15, 0.2) is 0 Å². The molecule has 15 heavy (non-hydrogen) atoms. The van der Waals surface area contributed by atoms with E-state index in [4.69, 9.17) is 10.8 Å². The van der Waals surface area contributed by atoms with Crippen molar-refractivity contribution >= 4 is 21.6 Å². The summed E-state index contributed by atoms with van der Waals surface area (Å²) in [5, 5.41) is 8.84. The van der Waals surface area contributed by atoms with E-state index in [0.29, 0.717) is 6.54 Å². The van der Waals surface area contributed by atoms with Crippen LogP contribution in [0.25, 0.3) is 0 Å². The molecule has 3 nitrogen and oxygen atoms in total. The van der Waals surface area contributed by atoms with Crippen molar-refractivity contribution in [2.75, 3.05) is 25.1 Å². The normalized spacial score (nSPS) is 12.6. The van der Waals surface area contributed by atoms with Crippen molar-refractivity contribution in [3.05, 3.63) is 28.2 Å². The molecule has 0 amide bonds. The Morgan fingerprint density at radius 1 is 1.53 bits per heavy atom. The van der Waals surface area contributed by atoms with Crippen LogP contribution < -0.4 is 10.6 Å². The number of aliphatic hydroxyl groups is 1. The van der Waals surface area contributed by atoms with E-state index in [1.54, 1.807) is 0 Å². The quantitative estimate of drug-likeness (QED) is 0.880. The highest BCUT2D eigenvalue weighted by Crippen LogP contribution is 2.26. The molecule has 4 heteroatoms. The maximum atomic E-state index is 8.84. The average Bonchev–Trinajstić information content (AvgIpc) is 2.17. The van der Waals surface area contributed by atoms with Gasteiger partial charge in [-0.25, -0.2) is 0 Å². The first kappa shape index (κ1) is 12.5. The van der Waals surface area contributed by atoms with Crippen molar-refractivity contribution in [1.82, 2.24) is 0 Å². The summed E-state index contributed by atoms with van der Waals surface area (Å²) in [7, 11) is 1.95. The van der Waals surface area contributed by atoms with Crippen molar-refractivity contribution in [3.63, 3.8) is 0 Å². The van der Waals surface area contributed by atoms with Crippen LogP contribution in [0.1, 0.15) is 18.5 Å². The van der Waals surface area contributed by atoms with Crippen LogP contribution in [0.3, 0.4) is 0 Å². The zero-order chi connectivity index (χ0) is 11.4. The Labute approximate surface area is 99.0 Å². The van der Waals surface area contributed by atoms with Gasteiger partial charge in [-0.05, 0) is 24.6 Å². The first-order valence-electron chi connectivity index (χ1n) is 4.93. The van der Waals surface area contributed by atoms with Crippen molar-refractivity contribution in [3.8, 4) is 0 Å². The lowest BCUT2D eigenvalue weighted by Gasteiger charge is -2.19. The molecule has 0 radical (unpaired) electrons. The van der Waals surface area contributed by atoms with Gasteiger partial charge in [0.25, 0.3) is 0 Å². The maximum Gasteiger partial charge on any atom is 0.0606 e. The van der Waals surface area contributed by atoms with E-state index in [1.165, 1.54) is 0 Å². The Morgan fingerprint density at radius 3 is 2.67 bits per heavy atom. The van der Waals surface area contributed by atoms with E-state index in [-0.39, 0.29) is 12.6 Å². The van der Waals surface area contributed by atoms with Crippen LogP contribution in [-0.4, -0.2) is 25.3 Å². The maximum absolute atomic E-state index is 8.84. The Hall–Kier alpha value is -0.580. The Kier molecular flexibility index (Phi) is 4.57. The van der Waals surface area contributed by atoms with Gasteiger partial charge >= 0.3 is 0 Å². The lowest BCUT2D eigenvalue weighted by molar-refractivity contribution is 0.304. The van der Waals surface area contributed by atoms with Gasteiger partial charge in [-0.3, -0.25) is 0 Å². The molecule has 0 aliphatic carbocycles. The van der Waals surface area contributed by atoms with Crippen LogP contribution in [0.5, 0.6) is 0 Å². The van der Waals surface area contributed by atoms with E-state index in [1.807, 2.05) is 37.1 Å². The summed E-state index contributed by atoms with van der Waals surface area (Å²) in [4.78, 5) is 2.00. The highest BCUT2D eigenvalue weighted by Gasteiger charge is 2.07. The predicted molar refractivity (Wildman–Crippen MR) is 67.1 cm³/mol. The molecule has 0 fully saturated rings. The topological polar surface area (TPSA) is 49.5 Å². The van der Waals surface area contributed by atoms with Gasteiger partial charge in [0.1, 0.15) is 0 Å². The molecule has 0 heterocycles. The molecule has 0 aliphatic heterocycles. The van der Waals surface area contributed by atoms with Crippen LogP contribution in [0.15, 0.2) is 22.7 Å². The van der Waals surface area contributed by atoms with Gasteiger partial charge in [0.05, 0.1) is 6.61 Å². The molecule has 0 aromatic heterocycles. The predicted octanol–water partition coefficient (Wildman–Crippen LogP) is 1.90. The van der Waals surface area contributed by atoms with E-state index in [2.05, 4.69) is 15.9 Å². The minimum atomic E-state index is 0.0246. The summed E-state index contributed by atoms with van der Waals surface area (Å²) < 4.78 is 1.01. The number of benzene rings is 1. The molecule has 1 atom stereocenters. The second-order valence-electron chi connectivity index (χ2n) is 3.64. The number of hydrogen-bond acceptors (Lipinski definition) is 3. The standard InChI is InChI=1S/C11H17BrN2O/c1-8(13)10-4-3-9(7-11(10)12)14(2)5-6-15/h3-4,7-8,15H,5-6,13H2,1-2H3/t8-/m1/s1. The van der Waals surface area contributed by atoms with Crippen molar-refractivity contribution in [1.29, 1.82) is 0 Å². The minimum absolute atomic E-state index is 0.0246. The number of anilines is 1. The highest BCUT2D eigenvalue weighted by atomic mass is 79.9. The van der Waals surface area contributed by atoms with Gasteiger partial charge in [-0.15, -0.1) is 0 Å². The average molecular weight is 273 g/mol. The van der Waals surface area contributed by atoms with Crippen LogP contribution in [-0.2, 0) is 0 Å². The van der Waals surface area contributed by atoms with Gasteiger partial charge in [0.2, 0.25) is 0 Å². The third-order valence-corrected chi connectivity index (χ3v) is 3.04. The Morgan fingerprint density at radius 2 is 2.20 bits per heavy atom. The molecule has 1 rings (SSSR count). The van der Waals surface area contributed by atoms with E-state index >= 15 is 0 Å². The fourth-order valence-electron chi connectivity index (χ4n) is 1.40. The molecule has 3 N–H and O–H groups in total. The van der Waals surface area contributed by atoms with Crippen molar-refractivity contribution in [2.45, 2.75) is 13.0 Å². The summed E-state index contributed by atoms with van der Waals surface area (Å²) in [6.45, 7) is 2.74. The van der Waals surface area contributed by atoms with Gasteiger partial charge in [0, 0.05) is 29.8 Å². The van der Waals surface area contributed by atoms with E-state index < -0.39 is 0 Å². The van der Waals surface area contributed by atoms with Crippen molar-refractivity contribution < 1.29 is 5.11 Å². The fourth-order valence-corrected chi connectivity index (χ4v) is 2.13. The Bertz CT molecular complexity index is 328. The molecular weight excluding hydrogens is 256 g/mol. The molecule has 0 saturated carbocycles. The molecule has 0 unspecified atom stereocenters. The molecule has 0 bridgehead atoms. The molecule has 0 saturated heterocycles. The van der Waals surface area contributed by atoms with Crippen LogP contribution in [0.2, 0.25) is 0 Å². The van der Waals surface area contributed by atoms with Gasteiger partial charge in [-0.1, -0.05) is 22.0 Å². The molecular formula is C11H17BrN2O. The lowest BCUT2D eigenvalue weighted by atomic mass is 10.1. The highest BCUT2D eigenvalue weighted by molar-refractivity contribution is 9.10. The summed E-state index contributed by atoms with van der Waals surface area (Å²) >= 11 is 3.50. The number of rotatable bonds is 4. The number of aliphatic hydroxyl groups excluding tert-OH is 1. The number of halogens is 1. The monoisotopic (exact) mass is 272 g/mol. The lowest BCUT2D eigenvalue weighted by Crippen LogP contribution is -2.21. The number of nitrogens with zero attached hydrogens (tertiary/aromatic N) is 1. The van der Waals surface area contributed by atoms with E-state index in [0.717, 1.165) is 15.7 Å². The second kappa shape index (κ2) is 5.49. The van der Waals surface area contributed by atoms with Gasteiger partial charge in [-0.2, -0.15) is 0 Å². The van der Waals surface area contributed by atoms with Crippen LogP contribution in [0, 0.1) is 0 Å². The summed E-state index contributed by atoms with van der Waals surface area (Å²) in [6.07, 6.45) is 0. The smallest absolute Gasteiger partial charge is 0.0606 e. The molecule has 0 aliphatic rings. The largest absolute Gasteiger partial charge is 0.395 e. The molecule has 84 valence electrons. The van der Waals surface area contributed by atoms with Crippen LogP contribution in [0.4, 0.5) is 5.69 Å². The minimum Gasteiger partial charge on any atom is -0.395 e. The second-order valence-corrected chi connectivity index (χ2v) is 4.49. The van der Waals surface area contributed by atoms with E-state index in [9.17, 15) is 0 Å². The zero-order valence-corrected chi connectivity index (χ0v) is 10.7. The fraction of sp³-hybridized carbons (Fsp3) is 0.455. The number of likely N-dealkylation sites (N-methyl/N-ethyl adjacent to an activating group) is 1. The molecule has 1 aromatic carbocycles. The van der Waals surface area contributed by atoms with Crippen molar-refractivity contribution in [2.24, 2.45) is 5.73 Å². The molecule has 1 aromatic rings.